The van der Waals surface area contributed by atoms with Gasteiger partial charge < -0.3 is 10.1 Å². The number of carbonyl (C=O) groups excluding carboxylic acids is 2. The number of hydrogen-bond acceptors (Lipinski definition) is 3. The van der Waals surface area contributed by atoms with Crippen molar-refractivity contribution in [1.29, 1.82) is 0 Å². The molecule has 1 aliphatic rings. The molecule has 5 nitrogen and oxygen atoms in total. The number of nitrogens with zero attached hydrogens (tertiary/aromatic N) is 1. The molecule has 1 fully saturated rings. The minimum atomic E-state index is -0.524. The fourth-order valence-electron chi connectivity index (χ4n) is 2.09. The van der Waals surface area contributed by atoms with Crippen LogP contribution in [0.25, 0.3) is 0 Å². The third-order valence-electron chi connectivity index (χ3n) is 3.18. The molecule has 0 aromatic heterocycles. The van der Waals surface area contributed by atoms with Crippen molar-refractivity contribution in [3.05, 3.63) is 29.6 Å². The zero-order valence-corrected chi connectivity index (χ0v) is 11.5. The lowest BCUT2D eigenvalue weighted by atomic mass is 10.1. The highest BCUT2D eigenvalue weighted by molar-refractivity contribution is 5.89. The molecule has 1 N–H and O–H groups in total. The van der Waals surface area contributed by atoms with E-state index in [4.69, 9.17) is 4.74 Å². The van der Waals surface area contributed by atoms with Gasteiger partial charge in [-0.2, -0.15) is 0 Å². The van der Waals surface area contributed by atoms with Crippen LogP contribution in [-0.2, 0) is 16.0 Å². The Morgan fingerprint density at radius 3 is 2.90 bits per heavy atom. The van der Waals surface area contributed by atoms with E-state index in [1.54, 1.807) is 12.1 Å². The molecule has 20 heavy (non-hydrogen) atoms. The summed E-state index contributed by atoms with van der Waals surface area (Å²) in [6.45, 7) is 3.82. The monoisotopic (exact) mass is 280 g/mol. The first-order valence-electron chi connectivity index (χ1n) is 6.52. The number of aryl methyl sites for hydroxylation is 1. The smallest absolute Gasteiger partial charge is 0.414 e. The van der Waals surface area contributed by atoms with Gasteiger partial charge in [-0.05, 0) is 24.1 Å². The van der Waals surface area contributed by atoms with E-state index in [0.717, 1.165) is 0 Å². The number of nitrogens with one attached hydrogen (secondary N) is 1. The quantitative estimate of drug-likeness (QED) is 0.915. The molecule has 2 amide bonds. The maximum Gasteiger partial charge on any atom is 0.414 e. The lowest BCUT2D eigenvalue weighted by molar-refractivity contribution is -0.119. The fraction of sp³-hybridized carbons (Fsp3) is 0.429. The van der Waals surface area contributed by atoms with Crippen LogP contribution >= 0.6 is 0 Å². The van der Waals surface area contributed by atoms with Crippen LogP contribution in [0.2, 0.25) is 0 Å². The molecular weight excluding hydrogens is 263 g/mol. The minimum absolute atomic E-state index is 0.183. The van der Waals surface area contributed by atoms with Gasteiger partial charge in [-0.1, -0.05) is 13.0 Å². The number of anilines is 1. The predicted molar refractivity (Wildman–Crippen MR) is 72.1 cm³/mol. The average Bonchev–Trinajstić information content (AvgIpc) is 2.77. The SMILES string of the molecule is CCc1ccc(N2C[C@H](CNC(C)=O)OC2=O)cc1F. The molecule has 0 radical (unpaired) electrons. The first-order chi connectivity index (χ1) is 9.51. The molecule has 0 saturated carbocycles. The van der Waals surface area contributed by atoms with Crippen LogP contribution in [0.3, 0.4) is 0 Å². The number of cyclic esters (lactones) is 1. The Labute approximate surface area is 116 Å². The zero-order valence-electron chi connectivity index (χ0n) is 11.5. The molecule has 0 unspecified atom stereocenters. The van der Waals surface area contributed by atoms with Gasteiger partial charge in [-0.25, -0.2) is 9.18 Å². The fourth-order valence-corrected chi connectivity index (χ4v) is 2.09. The number of halogens is 1. The summed E-state index contributed by atoms with van der Waals surface area (Å²) >= 11 is 0. The highest BCUT2D eigenvalue weighted by atomic mass is 19.1. The number of amides is 2. The maximum absolute atomic E-state index is 13.7. The summed E-state index contributed by atoms with van der Waals surface area (Å²) < 4.78 is 18.9. The second-order valence-electron chi connectivity index (χ2n) is 4.68. The highest BCUT2D eigenvalue weighted by Gasteiger charge is 2.32. The van der Waals surface area contributed by atoms with Crippen molar-refractivity contribution in [2.45, 2.75) is 26.4 Å². The van der Waals surface area contributed by atoms with Gasteiger partial charge in [0.2, 0.25) is 5.91 Å². The second-order valence-corrected chi connectivity index (χ2v) is 4.68. The lowest BCUT2D eigenvalue weighted by Crippen LogP contribution is -2.33. The third-order valence-corrected chi connectivity index (χ3v) is 3.18. The Kier molecular flexibility index (Phi) is 4.22. The summed E-state index contributed by atoms with van der Waals surface area (Å²) in [6, 6.07) is 4.70. The summed E-state index contributed by atoms with van der Waals surface area (Å²) in [7, 11) is 0. The molecule has 0 bridgehead atoms. The number of benzene rings is 1. The van der Waals surface area contributed by atoms with Gasteiger partial charge in [0, 0.05) is 6.92 Å². The summed E-state index contributed by atoms with van der Waals surface area (Å²) in [5.41, 5.74) is 1.08. The van der Waals surface area contributed by atoms with Crippen molar-refractivity contribution in [2.75, 3.05) is 18.0 Å². The Morgan fingerprint density at radius 1 is 1.55 bits per heavy atom. The first-order valence-corrected chi connectivity index (χ1v) is 6.52. The number of ether oxygens (including phenoxy) is 1. The van der Waals surface area contributed by atoms with Crippen LogP contribution in [0, 0.1) is 5.82 Å². The molecule has 108 valence electrons. The number of rotatable bonds is 4. The molecule has 1 aliphatic heterocycles. The third kappa shape index (κ3) is 3.07. The number of hydrogen-bond donors (Lipinski definition) is 1. The van der Waals surface area contributed by atoms with Gasteiger partial charge in [0.1, 0.15) is 11.9 Å². The summed E-state index contributed by atoms with van der Waals surface area (Å²) in [6.07, 6.45) is -0.342. The van der Waals surface area contributed by atoms with E-state index in [1.807, 2.05) is 6.92 Å². The molecule has 1 aromatic carbocycles. The van der Waals surface area contributed by atoms with E-state index >= 15 is 0 Å². The Morgan fingerprint density at radius 2 is 2.30 bits per heavy atom. The maximum atomic E-state index is 13.7. The van der Waals surface area contributed by atoms with E-state index in [1.165, 1.54) is 17.9 Å². The van der Waals surface area contributed by atoms with Crippen LogP contribution in [0.15, 0.2) is 18.2 Å². The Bertz CT molecular complexity index is 533. The van der Waals surface area contributed by atoms with Gasteiger partial charge >= 0.3 is 6.09 Å². The van der Waals surface area contributed by atoms with Gasteiger partial charge in [0.05, 0.1) is 18.8 Å². The van der Waals surface area contributed by atoms with Crippen molar-refractivity contribution < 1.29 is 18.7 Å². The van der Waals surface area contributed by atoms with E-state index in [9.17, 15) is 14.0 Å². The lowest BCUT2D eigenvalue weighted by Gasteiger charge is -2.14. The van der Waals surface area contributed by atoms with Gasteiger partial charge in [-0.3, -0.25) is 9.69 Å². The standard InChI is InChI=1S/C14H17FN2O3/c1-3-10-4-5-11(6-13(10)15)17-8-12(20-14(17)19)7-16-9(2)18/h4-6,12H,3,7-8H2,1-2H3,(H,16,18)/t12-/m0/s1. The first kappa shape index (κ1) is 14.3. The zero-order chi connectivity index (χ0) is 14.7. The molecular formula is C14H17FN2O3. The molecule has 1 saturated heterocycles. The highest BCUT2D eigenvalue weighted by Crippen LogP contribution is 2.24. The van der Waals surface area contributed by atoms with Crippen LogP contribution in [0.5, 0.6) is 0 Å². The molecule has 1 atom stereocenters. The van der Waals surface area contributed by atoms with Gasteiger partial charge in [-0.15, -0.1) is 0 Å². The normalized spacial score (nSPS) is 18.1. The van der Waals surface area contributed by atoms with Gasteiger partial charge in [0.15, 0.2) is 0 Å². The summed E-state index contributed by atoms with van der Waals surface area (Å²) in [5, 5.41) is 2.59. The Balaban J connectivity index is 2.07. The van der Waals surface area contributed by atoms with Crippen LogP contribution < -0.4 is 10.2 Å². The van der Waals surface area contributed by atoms with E-state index in [-0.39, 0.29) is 18.3 Å². The van der Waals surface area contributed by atoms with Crippen molar-refractivity contribution in [3.63, 3.8) is 0 Å². The Hall–Kier alpha value is -2.11. The van der Waals surface area contributed by atoms with E-state index in [2.05, 4.69) is 5.32 Å². The van der Waals surface area contributed by atoms with Crippen LogP contribution in [0.1, 0.15) is 19.4 Å². The molecule has 0 spiro atoms. The molecule has 2 rings (SSSR count). The van der Waals surface area contributed by atoms with Crippen LogP contribution in [0.4, 0.5) is 14.9 Å². The number of carbonyl (C=O) groups is 2. The minimum Gasteiger partial charge on any atom is -0.442 e. The molecule has 0 aliphatic carbocycles. The van der Waals surface area contributed by atoms with Crippen molar-refractivity contribution in [2.24, 2.45) is 0 Å². The summed E-state index contributed by atoms with van der Waals surface area (Å²) in [5.74, 6) is -0.513. The average molecular weight is 280 g/mol. The van der Waals surface area contributed by atoms with Crippen molar-refractivity contribution >= 4 is 17.7 Å². The predicted octanol–water partition coefficient (Wildman–Crippen LogP) is 1.85. The van der Waals surface area contributed by atoms with Crippen LogP contribution in [-0.4, -0.2) is 31.2 Å². The largest absolute Gasteiger partial charge is 0.442 e. The van der Waals surface area contributed by atoms with E-state index < -0.39 is 12.2 Å². The summed E-state index contributed by atoms with van der Waals surface area (Å²) in [4.78, 5) is 24.0. The van der Waals surface area contributed by atoms with E-state index in [0.29, 0.717) is 24.2 Å². The second kappa shape index (κ2) is 5.90. The van der Waals surface area contributed by atoms with Gasteiger partial charge in [0.25, 0.3) is 0 Å². The molecule has 6 heteroatoms. The molecule has 1 heterocycles. The van der Waals surface area contributed by atoms with Crippen molar-refractivity contribution in [3.8, 4) is 0 Å². The topological polar surface area (TPSA) is 58.6 Å². The van der Waals surface area contributed by atoms with Crippen molar-refractivity contribution in [1.82, 2.24) is 5.32 Å². The molecule has 1 aromatic rings.